The third-order valence-corrected chi connectivity index (χ3v) is 4.47. The molecule has 1 aromatic heterocycles. The standard InChI is InChI=1S/C16H20BrN3O/c1-10(2)8-20-15(18)19-9-16(20,3)14-7-11-6-12(17)4-5-13(11)21-14/h4-7,10H,8-9H2,1-3H3,(H2,18,19). The number of fused-ring (bicyclic) bond motifs is 1. The number of benzene rings is 1. The molecular weight excluding hydrogens is 330 g/mol. The first-order valence-corrected chi connectivity index (χ1v) is 7.96. The third kappa shape index (κ3) is 2.44. The maximum absolute atomic E-state index is 6.09. The Morgan fingerprint density at radius 1 is 1.43 bits per heavy atom. The van der Waals surface area contributed by atoms with Crippen molar-refractivity contribution in [1.29, 1.82) is 0 Å². The molecule has 3 rings (SSSR count). The Kier molecular flexibility index (Phi) is 3.48. The van der Waals surface area contributed by atoms with E-state index in [2.05, 4.69) is 58.7 Å². The van der Waals surface area contributed by atoms with Gasteiger partial charge in [0.1, 0.15) is 16.9 Å². The first-order valence-electron chi connectivity index (χ1n) is 7.17. The molecule has 0 aliphatic carbocycles. The van der Waals surface area contributed by atoms with E-state index >= 15 is 0 Å². The fourth-order valence-electron chi connectivity index (χ4n) is 2.81. The minimum absolute atomic E-state index is 0.306. The van der Waals surface area contributed by atoms with Crippen molar-refractivity contribution in [1.82, 2.24) is 4.90 Å². The highest BCUT2D eigenvalue weighted by molar-refractivity contribution is 9.10. The lowest BCUT2D eigenvalue weighted by Gasteiger charge is -2.35. The molecule has 0 bridgehead atoms. The van der Waals surface area contributed by atoms with E-state index < -0.39 is 0 Å². The third-order valence-electron chi connectivity index (χ3n) is 3.98. The summed E-state index contributed by atoms with van der Waals surface area (Å²) < 4.78 is 7.13. The molecule has 2 heterocycles. The number of guanidine groups is 1. The van der Waals surface area contributed by atoms with Gasteiger partial charge in [0.15, 0.2) is 5.96 Å². The minimum atomic E-state index is -0.306. The molecule has 0 saturated carbocycles. The van der Waals surface area contributed by atoms with Crippen molar-refractivity contribution < 1.29 is 4.42 Å². The van der Waals surface area contributed by atoms with Gasteiger partial charge in [0.2, 0.25) is 0 Å². The fraction of sp³-hybridized carbons (Fsp3) is 0.438. The Hall–Kier alpha value is -1.49. The quantitative estimate of drug-likeness (QED) is 0.918. The summed E-state index contributed by atoms with van der Waals surface area (Å²) in [7, 11) is 0. The molecule has 1 unspecified atom stereocenters. The number of rotatable bonds is 3. The van der Waals surface area contributed by atoms with Gasteiger partial charge in [-0.3, -0.25) is 4.99 Å². The first-order chi connectivity index (χ1) is 9.90. The summed E-state index contributed by atoms with van der Waals surface area (Å²) in [6, 6.07) is 8.14. The lowest BCUT2D eigenvalue weighted by Crippen LogP contribution is -2.48. The number of hydrogen-bond donors (Lipinski definition) is 1. The van der Waals surface area contributed by atoms with Crippen LogP contribution in [0.3, 0.4) is 0 Å². The van der Waals surface area contributed by atoms with Gasteiger partial charge in [0.25, 0.3) is 0 Å². The van der Waals surface area contributed by atoms with Crippen LogP contribution in [0.1, 0.15) is 26.5 Å². The molecule has 1 aliphatic rings. The normalized spacial score (nSPS) is 22.3. The van der Waals surface area contributed by atoms with Gasteiger partial charge in [-0.15, -0.1) is 0 Å². The molecule has 4 nitrogen and oxygen atoms in total. The number of furan rings is 1. The summed E-state index contributed by atoms with van der Waals surface area (Å²) in [4.78, 5) is 6.60. The van der Waals surface area contributed by atoms with Crippen LogP contribution in [0.2, 0.25) is 0 Å². The molecule has 0 spiro atoms. The molecule has 1 aliphatic heterocycles. The van der Waals surface area contributed by atoms with E-state index in [4.69, 9.17) is 10.2 Å². The fourth-order valence-corrected chi connectivity index (χ4v) is 3.19. The van der Waals surface area contributed by atoms with Gasteiger partial charge < -0.3 is 15.1 Å². The van der Waals surface area contributed by atoms with E-state index in [9.17, 15) is 0 Å². The van der Waals surface area contributed by atoms with Gasteiger partial charge in [0, 0.05) is 16.4 Å². The second-order valence-electron chi connectivity index (χ2n) is 6.25. The zero-order chi connectivity index (χ0) is 15.2. The highest BCUT2D eigenvalue weighted by Crippen LogP contribution is 2.37. The van der Waals surface area contributed by atoms with E-state index in [0.717, 1.165) is 27.7 Å². The number of nitrogens with zero attached hydrogens (tertiary/aromatic N) is 2. The van der Waals surface area contributed by atoms with E-state index in [1.165, 1.54) is 0 Å². The van der Waals surface area contributed by atoms with Crippen LogP contribution >= 0.6 is 15.9 Å². The van der Waals surface area contributed by atoms with Crippen LogP contribution in [-0.4, -0.2) is 23.9 Å². The van der Waals surface area contributed by atoms with Crippen LogP contribution in [-0.2, 0) is 5.54 Å². The average molecular weight is 350 g/mol. The number of nitrogens with two attached hydrogens (primary N) is 1. The predicted octanol–water partition coefficient (Wildman–Crippen LogP) is 3.70. The van der Waals surface area contributed by atoms with E-state index in [1.54, 1.807) is 0 Å². The molecule has 2 N–H and O–H groups in total. The molecule has 1 atom stereocenters. The van der Waals surface area contributed by atoms with Gasteiger partial charge in [0.05, 0.1) is 6.54 Å². The highest BCUT2D eigenvalue weighted by Gasteiger charge is 2.42. The van der Waals surface area contributed by atoms with Gasteiger partial charge >= 0.3 is 0 Å². The lowest BCUT2D eigenvalue weighted by atomic mass is 9.96. The van der Waals surface area contributed by atoms with Crippen LogP contribution in [0.4, 0.5) is 0 Å². The van der Waals surface area contributed by atoms with Crippen molar-refractivity contribution in [3.63, 3.8) is 0 Å². The van der Waals surface area contributed by atoms with E-state index in [-0.39, 0.29) is 5.54 Å². The smallest absolute Gasteiger partial charge is 0.192 e. The Labute approximate surface area is 133 Å². The molecular formula is C16H20BrN3O. The zero-order valence-corrected chi connectivity index (χ0v) is 14.1. The number of aliphatic imine (C=N–C) groups is 1. The lowest BCUT2D eigenvalue weighted by molar-refractivity contribution is 0.174. The molecule has 5 heteroatoms. The summed E-state index contributed by atoms with van der Waals surface area (Å²) in [5.41, 5.74) is 6.67. The average Bonchev–Trinajstić information content (AvgIpc) is 2.95. The topological polar surface area (TPSA) is 54.8 Å². The summed E-state index contributed by atoms with van der Waals surface area (Å²) in [5.74, 6) is 2.03. The first kappa shape index (κ1) is 14.4. The van der Waals surface area contributed by atoms with Gasteiger partial charge in [-0.05, 0) is 37.1 Å². The Bertz CT molecular complexity index is 707. The largest absolute Gasteiger partial charge is 0.458 e. The van der Waals surface area contributed by atoms with Crippen LogP contribution in [0.5, 0.6) is 0 Å². The monoisotopic (exact) mass is 349 g/mol. The van der Waals surface area contributed by atoms with E-state index in [0.29, 0.717) is 18.4 Å². The maximum atomic E-state index is 6.09. The van der Waals surface area contributed by atoms with Crippen LogP contribution in [0.25, 0.3) is 11.0 Å². The van der Waals surface area contributed by atoms with Crippen molar-refractivity contribution >= 4 is 32.9 Å². The van der Waals surface area contributed by atoms with Crippen molar-refractivity contribution in [2.45, 2.75) is 26.3 Å². The molecule has 2 aromatic rings. The highest BCUT2D eigenvalue weighted by atomic mass is 79.9. The molecule has 0 saturated heterocycles. The molecule has 112 valence electrons. The van der Waals surface area contributed by atoms with Crippen LogP contribution < -0.4 is 5.73 Å². The van der Waals surface area contributed by atoms with Gasteiger partial charge in [-0.2, -0.15) is 0 Å². The van der Waals surface area contributed by atoms with Crippen LogP contribution in [0.15, 0.2) is 38.1 Å². The van der Waals surface area contributed by atoms with Gasteiger partial charge in [-0.25, -0.2) is 0 Å². The number of hydrogen-bond acceptors (Lipinski definition) is 4. The predicted molar refractivity (Wildman–Crippen MR) is 89.3 cm³/mol. The Balaban J connectivity index is 2.03. The zero-order valence-electron chi connectivity index (χ0n) is 12.6. The molecule has 0 amide bonds. The second kappa shape index (κ2) is 5.05. The van der Waals surface area contributed by atoms with Crippen molar-refractivity contribution in [2.75, 3.05) is 13.1 Å². The van der Waals surface area contributed by atoms with Crippen molar-refractivity contribution in [2.24, 2.45) is 16.6 Å². The molecule has 1 aromatic carbocycles. The number of halogens is 1. The molecule has 0 fully saturated rings. The summed E-state index contributed by atoms with van der Waals surface area (Å²) >= 11 is 3.50. The minimum Gasteiger partial charge on any atom is -0.458 e. The maximum Gasteiger partial charge on any atom is 0.192 e. The van der Waals surface area contributed by atoms with Gasteiger partial charge in [-0.1, -0.05) is 29.8 Å². The van der Waals surface area contributed by atoms with Crippen LogP contribution in [0, 0.1) is 5.92 Å². The van der Waals surface area contributed by atoms with E-state index in [1.807, 2.05) is 12.1 Å². The van der Waals surface area contributed by atoms with Crippen molar-refractivity contribution in [3.05, 3.63) is 34.5 Å². The SMILES string of the molecule is CC(C)CN1C(N)=NCC1(C)c1cc2cc(Br)ccc2o1. The summed E-state index contributed by atoms with van der Waals surface area (Å²) in [6.07, 6.45) is 0. The molecule has 0 radical (unpaired) electrons. The Morgan fingerprint density at radius 2 is 2.19 bits per heavy atom. The summed E-state index contributed by atoms with van der Waals surface area (Å²) in [5, 5.41) is 1.09. The Morgan fingerprint density at radius 3 is 2.90 bits per heavy atom. The van der Waals surface area contributed by atoms with Crippen molar-refractivity contribution in [3.8, 4) is 0 Å². The second-order valence-corrected chi connectivity index (χ2v) is 7.16. The summed E-state index contributed by atoms with van der Waals surface area (Å²) in [6.45, 7) is 8.01. The molecule has 21 heavy (non-hydrogen) atoms.